The Balaban J connectivity index is 0.000000423. The van der Waals surface area contributed by atoms with E-state index in [1.807, 2.05) is 18.2 Å². The van der Waals surface area contributed by atoms with Crippen LogP contribution in [0, 0.1) is 0 Å². The molecule has 0 aliphatic carbocycles. The van der Waals surface area contributed by atoms with Crippen molar-refractivity contribution in [3.63, 3.8) is 0 Å². The van der Waals surface area contributed by atoms with Crippen LogP contribution in [-0.2, 0) is 22.4 Å². The van der Waals surface area contributed by atoms with Gasteiger partial charge in [0.2, 0.25) is 11.8 Å². The highest BCUT2D eigenvalue weighted by molar-refractivity contribution is 5.99. The zero-order chi connectivity index (χ0) is 23.3. The number of nitrogens with zero attached hydrogens (tertiary/aromatic N) is 1. The Hall–Kier alpha value is -3.36. The van der Waals surface area contributed by atoms with E-state index in [1.165, 1.54) is 5.56 Å². The molecule has 1 aliphatic heterocycles. The van der Waals surface area contributed by atoms with Crippen molar-refractivity contribution in [2.75, 3.05) is 11.4 Å². The maximum absolute atomic E-state index is 12.7. The van der Waals surface area contributed by atoms with Crippen molar-refractivity contribution in [1.82, 2.24) is 0 Å². The van der Waals surface area contributed by atoms with E-state index in [1.54, 1.807) is 17.0 Å². The van der Waals surface area contributed by atoms with E-state index in [0.717, 1.165) is 23.2 Å². The van der Waals surface area contributed by atoms with Crippen molar-refractivity contribution in [2.45, 2.75) is 38.8 Å². The van der Waals surface area contributed by atoms with E-state index in [4.69, 9.17) is 15.6 Å². The van der Waals surface area contributed by atoms with Gasteiger partial charge in [0.25, 0.3) is 0 Å². The van der Waals surface area contributed by atoms with Gasteiger partial charge in [-0.25, -0.2) is 4.79 Å². The average Bonchev–Trinajstić information content (AvgIpc) is 3.11. The fourth-order valence-corrected chi connectivity index (χ4v) is 3.08. The SMILES string of the molecule is CC(C)c1ccc(CC(=O)N2CCc3ccc(C(N)=O)cc32)cc1.O=C(O)C(F)(F)F. The average molecular weight is 436 g/mol. The Bertz CT molecular complexity index is 970. The van der Waals surface area contributed by atoms with Crippen LogP contribution >= 0.6 is 0 Å². The Morgan fingerprint density at radius 3 is 2.16 bits per heavy atom. The summed E-state index contributed by atoms with van der Waals surface area (Å²) >= 11 is 0. The number of amides is 2. The lowest BCUT2D eigenvalue weighted by Crippen LogP contribution is -2.30. The van der Waals surface area contributed by atoms with Gasteiger partial charge < -0.3 is 15.7 Å². The molecule has 166 valence electrons. The molecule has 0 atom stereocenters. The minimum Gasteiger partial charge on any atom is -0.475 e. The van der Waals surface area contributed by atoms with Crippen molar-refractivity contribution >= 4 is 23.5 Å². The molecule has 9 heteroatoms. The second-order valence-electron chi connectivity index (χ2n) is 7.38. The van der Waals surface area contributed by atoms with E-state index in [2.05, 4.69) is 26.0 Å². The predicted molar refractivity (Wildman–Crippen MR) is 109 cm³/mol. The number of aliphatic carboxylic acids is 1. The van der Waals surface area contributed by atoms with E-state index in [9.17, 15) is 22.8 Å². The molecule has 2 amide bonds. The van der Waals surface area contributed by atoms with Gasteiger partial charge in [0.1, 0.15) is 0 Å². The monoisotopic (exact) mass is 436 g/mol. The highest BCUT2D eigenvalue weighted by Gasteiger charge is 2.38. The number of nitrogens with two attached hydrogens (primary N) is 1. The molecule has 2 aromatic rings. The standard InChI is InChI=1S/C20H22N2O2.C2HF3O2/c1-13(2)15-5-3-14(4-6-15)11-19(23)22-10-9-16-7-8-17(20(21)24)12-18(16)22;3-2(4,5)1(6)7/h3-8,12-13H,9-11H2,1-2H3,(H2,21,24);(H,6,7). The predicted octanol–water partition coefficient (Wildman–Crippen LogP) is 3.67. The maximum atomic E-state index is 12.7. The lowest BCUT2D eigenvalue weighted by molar-refractivity contribution is -0.192. The summed E-state index contributed by atoms with van der Waals surface area (Å²) < 4.78 is 31.7. The number of fused-ring (bicyclic) bond motifs is 1. The fourth-order valence-electron chi connectivity index (χ4n) is 3.08. The van der Waals surface area contributed by atoms with E-state index in [0.29, 0.717) is 24.4 Å². The first-order chi connectivity index (χ1) is 14.4. The molecule has 2 aromatic carbocycles. The molecule has 0 bridgehead atoms. The molecule has 31 heavy (non-hydrogen) atoms. The summed E-state index contributed by atoms with van der Waals surface area (Å²) in [5.41, 5.74) is 9.96. The van der Waals surface area contributed by atoms with Gasteiger partial charge in [0.15, 0.2) is 0 Å². The van der Waals surface area contributed by atoms with Crippen LogP contribution in [0.4, 0.5) is 18.9 Å². The lowest BCUT2D eigenvalue weighted by Gasteiger charge is -2.18. The van der Waals surface area contributed by atoms with Crippen molar-refractivity contribution < 1.29 is 32.7 Å². The van der Waals surface area contributed by atoms with Crippen molar-refractivity contribution in [2.24, 2.45) is 5.73 Å². The van der Waals surface area contributed by atoms with Crippen molar-refractivity contribution in [3.05, 3.63) is 64.7 Å². The molecule has 3 rings (SSSR count). The van der Waals surface area contributed by atoms with Gasteiger partial charge >= 0.3 is 12.1 Å². The molecule has 0 saturated heterocycles. The van der Waals surface area contributed by atoms with Crippen LogP contribution in [0.25, 0.3) is 0 Å². The highest BCUT2D eigenvalue weighted by atomic mass is 19.4. The first kappa shape index (κ1) is 23.9. The van der Waals surface area contributed by atoms with Gasteiger partial charge in [-0.3, -0.25) is 9.59 Å². The van der Waals surface area contributed by atoms with E-state index >= 15 is 0 Å². The number of carbonyl (C=O) groups is 3. The first-order valence-corrected chi connectivity index (χ1v) is 9.52. The molecular formula is C22H23F3N2O4. The molecule has 0 spiro atoms. The van der Waals surface area contributed by atoms with Crippen LogP contribution in [0.5, 0.6) is 0 Å². The summed E-state index contributed by atoms with van der Waals surface area (Å²) in [5.74, 6) is -2.70. The summed E-state index contributed by atoms with van der Waals surface area (Å²) in [4.78, 5) is 34.7. The van der Waals surface area contributed by atoms with Gasteiger partial charge in [0.05, 0.1) is 6.42 Å². The summed E-state index contributed by atoms with van der Waals surface area (Å²) in [7, 11) is 0. The second-order valence-corrected chi connectivity index (χ2v) is 7.38. The van der Waals surface area contributed by atoms with E-state index < -0.39 is 18.1 Å². The lowest BCUT2D eigenvalue weighted by atomic mass is 10.0. The van der Waals surface area contributed by atoms with Crippen LogP contribution in [0.15, 0.2) is 42.5 Å². The summed E-state index contributed by atoms with van der Waals surface area (Å²) in [6.07, 6.45) is -3.91. The minimum absolute atomic E-state index is 0.0488. The molecule has 6 nitrogen and oxygen atoms in total. The zero-order valence-electron chi connectivity index (χ0n) is 17.1. The molecule has 1 heterocycles. The number of hydrogen-bond acceptors (Lipinski definition) is 3. The molecule has 0 fully saturated rings. The summed E-state index contributed by atoms with van der Waals surface area (Å²) in [6.45, 7) is 4.95. The minimum atomic E-state index is -5.08. The zero-order valence-corrected chi connectivity index (χ0v) is 17.1. The molecule has 0 aromatic heterocycles. The largest absolute Gasteiger partial charge is 0.490 e. The fraction of sp³-hybridized carbons (Fsp3) is 0.318. The number of carboxylic acid groups (broad SMARTS) is 1. The van der Waals surface area contributed by atoms with Crippen LogP contribution in [0.3, 0.4) is 0 Å². The smallest absolute Gasteiger partial charge is 0.475 e. The molecular weight excluding hydrogens is 413 g/mol. The number of rotatable bonds is 4. The van der Waals surface area contributed by atoms with Crippen LogP contribution in [0.1, 0.15) is 46.8 Å². The van der Waals surface area contributed by atoms with Crippen molar-refractivity contribution in [1.29, 1.82) is 0 Å². The summed E-state index contributed by atoms with van der Waals surface area (Å²) in [5, 5.41) is 7.12. The van der Waals surface area contributed by atoms with Gasteiger partial charge in [-0.15, -0.1) is 0 Å². The Kier molecular flexibility index (Phi) is 7.43. The van der Waals surface area contributed by atoms with Gasteiger partial charge in [0, 0.05) is 17.8 Å². The third-order valence-corrected chi connectivity index (χ3v) is 4.81. The van der Waals surface area contributed by atoms with Crippen LogP contribution < -0.4 is 10.6 Å². The number of hydrogen-bond donors (Lipinski definition) is 2. The first-order valence-electron chi connectivity index (χ1n) is 9.52. The number of halogens is 3. The number of anilines is 1. The van der Waals surface area contributed by atoms with Gasteiger partial charge in [-0.1, -0.05) is 44.2 Å². The molecule has 0 saturated carbocycles. The Morgan fingerprint density at radius 1 is 1.10 bits per heavy atom. The normalized spacial score (nSPS) is 12.8. The van der Waals surface area contributed by atoms with Gasteiger partial charge in [-0.2, -0.15) is 13.2 Å². The molecule has 1 aliphatic rings. The second kappa shape index (κ2) is 9.63. The number of alkyl halides is 3. The van der Waals surface area contributed by atoms with Crippen LogP contribution in [-0.4, -0.2) is 35.6 Å². The topological polar surface area (TPSA) is 101 Å². The highest BCUT2D eigenvalue weighted by Crippen LogP contribution is 2.29. The molecule has 3 N–H and O–H groups in total. The van der Waals surface area contributed by atoms with Gasteiger partial charge in [-0.05, 0) is 41.2 Å². The van der Waals surface area contributed by atoms with E-state index in [-0.39, 0.29) is 5.91 Å². The number of carboxylic acids is 1. The Morgan fingerprint density at radius 2 is 1.68 bits per heavy atom. The number of benzene rings is 2. The molecule has 0 unspecified atom stereocenters. The van der Waals surface area contributed by atoms with Crippen LogP contribution in [0.2, 0.25) is 0 Å². The number of primary amides is 1. The quantitative estimate of drug-likeness (QED) is 0.764. The van der Waals surface area contributed by atoms with Crippen molar-refractivity contribution in [3.8, 4) is 0 Å². The third kappa shape index (κ3) is 6.31. The molecule has 0 radical (unpaired) electrons. The summed E-state index contributed by atoms with van der Waals surface area (Å²) in [6, 6.07) is 13.5. The maximum Gasteiger partial charge on any atom is 0.490 e. The Labute approximate surface area is 177 Å². The number of carbonyl (C=O) groups excluding carboxylic acids is 2. The third-order valence-electron chi connectivity index (χ3n) is 4.81.